The van der Waals surface area contributed by atoms with E-state index in [9.17, 15) is 14.5 Å². The van der Waals surface area contributed by atoms with Crippen LogP contribution in [0.25, 0.3) is 0 Å². The highest BCUT2D eigenvalue weighted by molar-refractivity contribution is 7.90. The average Bonchev–Trinajstić information content (AvgIpc) is 3.62. The molecule has 0 radical (unpaired) electrons. The van der Waals surface area contributed by atoms with Crippen LogP contribution in [0.4, 0.5) is 10.1 Å². The minimum Gasteiger partial charge on any atom is -0.598 e. The number of anilines is 1. The van der Waals surface area contributed by atoms with Crippen LogP contribution in [0.1, 0.15) is 91.8 Å². The standard InChI is InChI=1S/C33H45FN4O4S/c1-8-32(40)19-26-28(39)36-25-18-22(12-13-24(25)34)33(27-11-9-10-16-35-27,37-43(41)31(5,6)7)15-14-21-17-23(21)29(38(26)20-32)42-30(2,3)4/h9-13,16,18,21,26,37,40H,8,14-15,17,19-20H2,1-7H3,(H,36,39)/b29-23-/t21?,26-,32?,33?,43-/m1/s1. The Balaban J connectivity index is 1.68. The van der Waals surface area contributed by atoms with Crippen molar-refractivity contribution < 1.29 is 23.6 Å². The van der Waals surface area contributed by atoms with Gasteiger partial charge < -0.3 is 24.6 Å². The lowest BCUT2D eigenvalue weighted by atomic mass is 9.82. The van der Waals surface area contributed by atoms with Crippen LogP contribution in [0, 0.1) is 11.7 Å². The molecule has 5 rings (SSSR count). The zero-order chi connectivity index (χ0) is 31.4. The molecule has 1 amide bonds. The fourth-order valence-corrected chi connectivity index (χ4v) is 6.96. The SMILES string of the molecule is CCC1(O)C[C@@H]2C(=O)Nc3cc(ccc3F)C(N[S@+]([O-])C(C)(C)C)(c3ccccn3)CCC3C/C3=C(/OC(C)(C)C)N2C1. The van der Waals surface area contributed by atoms with Crippen molar-refractivity contribution in [2.24, 2.45) is 5.92 Å². The Morgan fingerprint density at radius 2 is 1.98 bits per heavy atom. The molecule has 43 heavy (non-hydrogen) atoms. The first kappa shape index (κ1) is 31.8. The maximum Gasteiger partial charge on any atom is 0.247 e. The monoisotopic (exact) mass is 612 g/mol. The molecular formula is C33H45FN4O4S. The average molecular weight is 613 g/mol. The summed E-state index contributed by atoms with van der Waals surface area (Å²) >= 11 is -1.50. The van der Waals surface area contributed by atoms with Gasteiger partial charge in [0, 0.05) is 24.0 Å². The molecule has 3 unspecified atom stereocenters. The van der Waals surface area contributed by atoms with Crippen molar-refractivity contribution in [3.8, 4) is 0 Å². The highest BCUT2D eigenvalue weighted by Crippen LogP contribution is 2.50. The molecular weight excluding hydrogens is 567 g/mol. The Hall–Kier alpha value is -2.66. The van der Waals surface area contributed by atoms with Crippen molar-refractivity contribution in [3.05, 3.63) is 71.1 Å². The Kier molecular flexibility index (Phi) is 8.39. The van der Waals surface area contributed by atoms with Gasteiger partial charge in [0.15, 0.2) is 5.88 Å². The highest BCUT2D eigenvalue weighted by Gasteiger charge is 2.51. The lowest BCUT2D eigenvalue weighted by Gasteiger charge is -2.38. The molecule has 1 aliphatic carbocycles. The Bertz CT molecular complexity index is 1390. The molecule has 10 heteroatoms. The van der Waals surface area contributed by atoms with Gasteiger partial charge in [-0.15, -0.1) is 4.72 Å². The van der Waals surface area contributed by atoms with Crippen molar-refractivity contribution in [2.45, 2.75) is 108 Å². The van der Waals surface area contributed by atoms with Crippen molar-refractivity contribution in [1.29, 1.82) is 0 Å². The number of nitrogens with one attached hydrogen (secondary N) is 2. The van der Waals surface area contributed by atoms with E-state index in [4.69, 9.17) is 9.72 Å². The van der Waals surface area contributed by atoms with Crippen LogP contribution in [0.2, 0.25) is 0 Å². The Labute approximate surface area is 257 Å². The van der Waals surface area contributed by atoms with Gasteiger partial charge >= 0.3 is 0 Å². The first-order valence-corrected chi connectivity index (χ1v) is 16.3. The second-order valence-electron chi connectivity index (χ2n) is 14.2. The number of halogens is 1. The van der Waals surface area contributed by atoms with Crippen LogP contribution >= 0.6 is 0 Å². The number of benzene rings is 1. The minimum absolute atomic E-state index is 0.0217. The number of pyridine rings is 1. The molecule has 0 spiro atoms. The van der Waals surface area contributed by atoms with Gasteiger partial charge in [0.05, 0.1) is 23.5 Å². The number of amides is 1. The fraction of sp³-hybridized carbons (Fsp3) is 0.576. The Morgan fingerprint density at radius 3 is 2.60 bits per heavy atom. The summed E-state index contributed by atoms with van der Waals surface area (Å²) in [6.07, 6.45) is 4.40. The van der Waals surface area contributed by atoms with E-state index < -0.39 is 50.6 Å². The predicted octanol–water partition coefficient (Wildman–Crippen LogP) is 5.51. The normalized spacial score (nSPS) is 30.3. The number of ether oxygens (including phenoxy) is 1. The fourth-order valence-electron chi connectivity index (χ4n) is 6.01. The highest BCUT2D eigenvalue weighted by atomic mass is 32.2. The van der Waals surface area contributed by atoms with Crippen molar-refractivity contribution in [1.82, 2.24) is 14.6 Å². The summed E-state index contributed by atoms with van der Waals surface area (Å²) in [5, 5.41) is 14.2. The summed E-state index contributed by atoms with van der Waals surface area (Å²) in [6.45, 7) is 13.8. The van der Waals surface area contributed by atoms with Crippen molar-refractivity contribution >= 4 is 23.0 Å². The molecule has 1 aromatic heterocycles. The maximum absolute atomic E-state index is 15.4. The quantitative estimate of drug-likeness (QED) is 0.382. The number of hydrogen-bond donors (Lipinski definition) is 3. The third kappa shape index (κ3) is 6.57. The molecule has 8 nitrogen and oxygen atoms in total. The van der Waals surface area contributed by atoms with Gasteiger partial charge in [0.1, 0.15) is 27.7 Å². The van der Waals surface area contributed by atoms with Gasteiger partial charge in [-0.1, -0.05) is 19.1 Å². The number of carbonyl (C=O) groups is 1. The molecule has 2 aromatic rings. The summed E-state index contributed by atoms with van der Waals surface area (Å²) < 4.78 is 38.6. The molecule has 2 aliphatic heterocycles. The van der Waals surface area contributed by atoms with Gasteiger partial charge in [-0.25, -0.2) is 4.39 Å². The topological polar surface area (TPSA) is 110 Å². The van der Waals surface area contributed by atoms with E-state index in [1.165, 1.54) is 6.07 Å². The number of aliphatic hydroxyl groups is 1. The predicted molar refractivity (Wildman–Crippen MR) is 167 cm³/mol. The number of allylic oxidation sites excluding steroid dienone is 1. The smallest absolute Gasteiger partial charge is 0.247 e. The lowest BCUT2D eigenvalue weighted by Crippen LogP contribution is -2.52. The van der Waals surface area contributed by atoms with Gasteiger partial charge in [-0.05, 0) is 109 Å². The summed E-state index contributed by atoms with van der Waals surface area (Å²) in [6, 6.07) is 9.52. The molecule has 2 fully saturated rings. The third-order valence-electron chi connectivity index (χ3n) is 8.62. The number of aromatic nitrogens is 1. The van der Waals surface area contributed by atoms with Gasteiger partial charge in [-0.2, -0.15) is 0 Å². The zero-order valence-electron chi connectivity index (χ0n) is 26.3. The number of fused-ring (bicyclic) bond motifs is 4. The van der Waals surface area contributed by atoms with Crippen molar-refractivity contribution in [3.63, 3.8) is 0 Å². The van der Waals surface area contributed by atoms with Crippen LogP contribution in [0.3, 0.4) is 0 Å². The van der Waals surface area contributed by atoms with Gasteiger partial charge in [0.25, 0.3) is 0 Å². The largest absolute Gasteiger partial charge is 0.598 e. The van der Waals surface area contributed by atoms with Crippen LogP contribution < -0.4 is 10.0 Å². The third-order valence-corrected chi connectivity index (χ3v) is 10.3. The zero-order valence-corrected chi connectivity index (χ0v) is 27.1. The summed E-state index contributed by atoms with van der Waals surface area (Å²) in [5.41, 5.74) is -0.212. The molecule has 3 N–H and O–H groups in total. The summed E-state index contributed by atoms with van der Waals surface area (Å²) in [4.78, 5) is 20.5. The van der Waals surface area contributed by atoms with Crippen molar-refractivity contribution in [2.75, 3.05) is 11.9 Å². The van der Waals surface area contributed by atoms with Crippen LogP contribution in [0.5, 0.6) is 0 Å². The first-order valence-electron chi connectivity index (χ1n) is 15.2. The van der Waals surface area contributed by atoms with E-state index in [1.54, 1.807) is 18.3 Å². The van der Waals surface area contributed by atoms with Crippen LogP contribution in [-0.2, 0) is 26.4 Å². The summed E-state index contributed by atoms with van der Waals surface area (Å²) in [5.74, 6) is -0.211. The lowest BCUT2D eigenvalue weighted by molar-refractivity contribution is -0.121. The molecule has 234 valence electrons. The van der Waals surface area contributed by atoms with Crippen LogP contribution in [-0.4, -0.2) is 54.0 Å². The molecule has 1 aromatic carbocycles. The Morgan fingerprint density at radius 1 is 1.23 bits per heavy atom. The molecule has 2 bridgehead atoms. The van der Waals surface area contributed by atoms with Gasteiger partial charge in [-0.3, -0.25) is 9.78 Å². The van der Waals surface area contributed by atoms with E-state index in [0.717, 1.165) is 12.0 Å². The van der Waals surface area contributed by atoms with E-state index in [1.807, 2.05) is 71.6 Å². The van der Waals surface area contributed by atoms with E-state index >= 15 is 4.39 Å². The first-order chi connectivity index (χ1) is 20.1. The van der Waals surface area contributed by atoms with E-state index in [2.05, 4.69) is 10.0 Å². The molecule has 3 aliphatic rings. The molecule has 1 saturated carbocycles. The van der Waals surface area contributed by atoms with Crippen LogP contribution in [0.15, 0.2) is 54.1 Å². The molecule has 5 atom stereocenters. The molecule has 3 heterocycles. The number of nitrogens with zero attached hydrogens (tertiary/aromatic N) is 2. The molecule has 1 saturated heterocycles. The number of hydrogen-bond acceptors (Lipinski definition) is 7. The number of rotatable bonds is 5. The summed E-state index contributed by atoms with van der Waals surface area (Å²) in [7, 11) is 0. The maximum atomic E-state index is 15.4. The van der Waals surface area contributed by atoms with Gasteiger partial charge in [0.2, 0.25) is 5.91 Å². The van der Waals surface area contributed by atoms with E-state index in [-0.39, 0.29) is 24.6 Å². The second kappa shape index (κ2) is 11.4. The second-order valence-corrected chi connectivity index (χ2v) is 16.2. The minimum atomic E-state index is -1.50. The number of carbonyl (C=O) groups excluding carboxylic acids is 1. The van der Waals surface area contributed by atoms with E-state index in [0.29, 0.717) is 36.4 Å².